The first-order valence-electron chi connectivity index (χ1n) is 8.59. The minimum absolute atomic E-state index is 0.0101. The number of hydrogen-bond acceptors (Lipinski definition) is 0. The van der Waals surface area contributed by atoms with E-state index in [0.29, 0.717) is 0 Å². The summed E-state index contributed by atoms with van der Waals surface area (Å²) in [6, 6.07) is 19.3. The van der Waals surface area contributed by atoms with Crippen molar-refractivity contribution < 1.29 is 13.2 Å². The lowest BCUT2D eigenvalue weighted by Crippen LogP contribution is -1.94. The minimum Gasteiger partial charge on any atom is -0.207 e. The number of alkyl halides is 2. The van der Waals surface area contributed by atoms with Crippen LogP contribution in [-0.4, -0.2) is 0 Å². The zero-order valence-electron chi connectivity index (χ0n) is 14.1. The van der Waals surface area contributed by atoms with E-state index >= 15 is 0 Å². The molecular weight excluding hydrogens is 333 g/mol. The number of hydrogen-bond donors (Lipinski definition) is 0. The van der Waals surface area contributed by atoms with E-state index in [1.54, 1.807) is 18.2 Å². The second kappa shape index (κ2) is 6.83. The van der Waals surface area contributed by atoms with E-state index in [0.717, 1.165) is 40.7 Å². The Morgan fingerprint density at radius 2 is 1.46 bits per heavy atom. The molecule has 3 heteroatoms. The predicted octanol–water partition coefficient (Wildman–Crippen LogP) is 6.45. The van der Waals surface area contributed by atoms with Gasteiger partial charge in [-0.1, -0.05) is 54.6 Å². The molecule has 0 saturated carbocycles. The van der Waals surface area contributed by atoms with Crippen molar-refractivity contribution in [2.24, 2.45) is 0 Å². The summed E-state index contributed by atoms with van der Waals surface area (Å²) in [7, 11) is 0. The van der Waals surface area contributed by atoms with E-state index in [-0.39, 0.29) is 11.4 Å². The van der Waals surface area contributed by atoms with Gasteiger partial charge in [-0.05, 0) is 64.4 Å². The van der Waals surface area contributed by atoms with Crippen LogP contribution in [0.2, 0.25) is 0 Å². The van der Waals surface area contributed by atoms with Crippen LogP contribution in [0.4, 0.5) is 13.2 Å². The Balaban J connectivity index is 1.88. The van der Waals surface area contributed by atoms with Crippen LogP contribution in [0.1, 0.15) is 39.8 Å². The molecule has 1 aliphatic rings. The lowest BCUT2D eigenvalue weighted by atomic mass is 9.92. The number of fused-ring (bicyclic) bond motifs is 2. The molecule has 0 aliphatic heterocycles. The highest BCUT2D eigenvalue weighted by molar-refractivity contribution is 5.94. The average Bonchev–Trinajstić information content (AvgIpc) is 2.79. The number of rotatable bonds is 2. The van der Waals surface area contributed by atoms with Crippen molar-refractivity contribution in [2.75, 3.05) is 0 Å². The molecule has 0 spiro atoms. The molecule has 130 valence electrons. The molecule has 0 nitrogen and oxygen atoms in total. The van der Waals surface area contributed by atoms with Crippen molar-refractivity contribution >= 4 is 11.6 Å². The molecule has 0 aromatic heterocycles. The maximum Gasteiger partial charge on any atom is 0.263 e. The summed E-state index contributed by atoms with van der Waals surface area (Å²) in [4.78, 5) is 0. The SMILES string of the molecule is Fc1ccc2c(c1)CCc1ccccc1/C2=C\c1ccc(C(F)F)cc1. The van der Waals surface area contributed by atoms with E-state index in [4.69, 9.17) is 0 Å². The molecule has 0 bridgehead atoms. The molecular formula is C23H17F3. The van der Waals surface area contributed by atoms with Crippen LogP contribution in [0.25, 0.3) is 11.6 Å². The van der Waals surface area contributed by atoms with Gasteiger partial charge in [0.25, 0.3) is 6.43 Å². The van der Waals surface area contributed by atoms with Crippen molar-refractivity contribution in [2.45, 2.75) is 19.3 Å². The molecule has 1 aliphatic carbocycles. The Morgan fingerprint density at radius 3 is 2.23 bits per heavy atom. The summed E-state index contributed by atoms with van der Waals surface area (Å²) in [5.41, 5.74) is 6.13. The van der Waals surface area contributed by atoms with Crippen LogP contribution in [0, 0.1) is 5.82 Å². The van der Waals surface area contributed by atoms with Crippen molar-refractivity contribution in [1.82, 2.24) is 0 Å². The standard InChI is InChI=1S/C23H17F3/c24-19-11-12-21-18(14-19)10-9-16-3-1-2-4-20(16)22(21)13-15-5-7-17(8-6-15)23(25)26/h1-8,11-14,23H,9-10H2/b22-13+. The van der Waals surface area contributed by atoms with Crippen LogP contribution < -0.4 is 0 Å². The molecule has 0 atom stereocenters. The normalized spacial score (nSPS) is 14.8. The maximum atomic E-state index is 13.7. The second-order valence-electron chi connectivity index (χ2n) is 6.48. The van der Waals surface area contributed by atoms with E-state index in [2.05, 4.69) is 12.1 Å². The topological polar surface area (TPSA) is 0 Å². The highest BCUT2D eigenvalue weighted by atomic mass is 19.3. The summed E-state index contributed by atoms with van der Waals surface area (Å²) in [5, 5.41) is 0. The smallest absolute Gasteiger partial charge is 0.207 e. The molecule has 0 radical (unpaired) electrons. The van der Waals surface area contributed by atoms with Crippen molar-refractivity contribution in [3.63, 3.8) is 0 Å². The van der Waals surface area contributed by atoms with Gasteiger partial charge in [-0.2, -0.15) is 0 Å². The summed E-state index contributed by atoms with van der Waals surface area (Å²) in [6.45, 7) is 0. The Labute approximate surface area is 150 Å². The molecule has 0 N–H and O–H groups in total. The first-order chi connectivity index (χ1) is 12.6. The van der Waals surface area contributed by atoms with E-state index < -0.39 is 6.43 Å². The number of aryl methyl sites for hydroxylation is 2. The molecule has 26 heavy (non-hydrogen) atoms. The zero-order valence-corrected chi connectivity index (χ0v) is 14.1. The third-order valence-electron chi connectivity index (χ3n) is 4.83. The average molecular weight is 350 g/mol. The molecule has 0 amide bonds. The summed E-state index contributed by atoms with van der Waals surface area (Å²) in [5.74, 6) is -0.240. The van der Waals surface area contributed by atoms with Crippen molar-refractivity contribution in [3.05, 3.63) is 106 Å². The minimum atomic E-state index is -2.47. The quantitative estimate of drug-likeness (QED) is 0.498. The third-order valence-corrected chi connectivity index (χ3v) is 4.83. The van der Waals surface area contributed by atoms with Crippen LogP contribution in [0.15, 0.2) is 66.7 Å². The first kappa shape index (κ1) is 16.6. The van der Waals surface area contributed by atoms with Crippen molar-refractivity contribution in [1.29, 1.82) is 0 Å². The van der Waals surface area contributed by atoms with Gasteiger partial charge < -0.3 is 0 Å². The van der Waals surface area contributed by atoms with Crippen LogP contribution in [0.5, 0.6) is 0 Å². The summed E-state index contributed by atoms with van der Waals surface area (Å²) in [6.07, 6.45) is 1.13. The van der Waals surface area contributed by atoms with Gasteiger partial charge in [-0.25, -0.2) is 13.2 Å². The van der Waals surface area contributed by atoms with Crippen LogP contribution in [-0.2, 0) is 12.8 Å². The highest BCUT2D eigenvalue weighted by Gasteiger charge is 2.18. The lowest BCUT2D eigenvalue weighted by Gasteiger charge is -2.12. The molecule has 4 rings (SSSR count). The van der Waals surface area contributed by atoms with E-state index in [9.17, 15) is 13.2 Å². The van der Waals surface area contributed by atoms with Gasteiger partial charge in [0, 0.05) is 5.56 Å². The molecule has 3 aromatic rings. The number of halogens is 3. The number of benzene rings is 3. The second-order valence-corrected chi connectivity index (χ2v) is 6.48. The van der Waals surface area contributed by atoms with E-state index in [1.165, 1.54) is 23.8 Å². The fourth-order valence-electron chi connectivity index (χ4n) is 3.51. The molecule has 3 aromatic carbocycles. The third kappa shape index (κ3) is 3.17. The molecule has 0 saturated heterocycles. The monoisotopic (exact) mass is 350 g/mol. The van der Waals surface area contributed by atoms with Gasteiger partial charge >= 0.3 is 0 Å². The van der Waals surface area contributed by atoms with E-state index in [1.807, 2.05) is 24.3 Å². The fraction of sp³-hybridized carbons (Fsp3) is 0.130. The first-order valence-corrected chi connectivity index (χ1v) is 8.59. The predicted molar refractivity (Wildman–Crippen MR) is 98.6 cm³/mol. The lowest BCUT2D eigenvalue weighted by molar-refractivity contribution is 0.151. The maximum absolute atomic E-state index is 13.7. The van der Waals surface area contributed by atoms with Gasteiger partial charge in [0.2, 0.25) is 0 Å². The van der Waals surface area contributed by atoms with Crippen LogP contribution >= 0.6 is 0 Å². The summed E-state index contributed by atoms with van der Waals surface area (Å²) < 4.78 is 39.3. The van der Waals surface area contributed by atoms with Crippen LogP contribution in [0.3, 0.4) is 0 Å². The van der Waals surface area contributed by atoms with Gasteiger partial charge in [0.1, 0.15) is 5.82 Å². The van der Waals surface area contributed by atoms with Gasteiger partial charge in [0.05, 0.1) is 0 Å². The van der Waals surface area contributed by atoms with Gasteiger partial charge in [0.15, 0.2) is 0 Å². The Kier molecular flexibility index (Phi) is 4.37. The Hall–Kier alpha value is -2.81. The molecule has 0 fully saturated rings. The largest absolute Gasteiger partial charge is 0.263 e. The Morgan fingerprint density at radius 1 is 0.769 bits per heavy atom. The highest BCUT2D eigenvalue weighted by Crippen LogP contribution is 2.35. The zero-order chi connectivity index (χ0) is 18.1. The fourth-order valence-corrected chi connectivity index (χ4v) is 3.51. The van der Waals surface area contributed by atoms with Gasteiger partial charge in [-0.3, -0.25) is 0 Å². The molecule has 0 unspecified atom stereocenters. The summed E-state index contributed by atoms with van der Waals surface area (Å²) >= 11 is 0. The molecule has 0 heterocycles. The Bertz CT molecular complexity index is 969. The van der Waals surface area contributed by atoms with Gasteiger partial charge in [-0.15, -0.1) is 0 Å². The van der Waals surface area contributed by atoms with Crippen molar-refractivity contribution in [3.8, 4) is 0 Å².